The number of hydrogen-bond donors (Lipinski definition) is 0. The van der Waals surface area contributed by atoms with E-state index in [0.717, 1.165) is 22.4 Å². The summed E-state index contributed by atoms with van der Waals surface area (Å²) in [5.74, 6) is 0. The van der Waals surface area contributed by atoms with Crippen molar-refractivity contribution in [3.05, 3.63) is 107 Å². The third kappa shape index (κ3) is 3.26. The minimum Gasteiger partial charge on any atom is -0.0788 e. The first-order chi connectivity index (χ1) is 10.3. The third-order valence-electron chi connectivity index (χ3n) is 3.54. The lowest BCUT2D eigenvalue weighted by Crippen LogP contribution is -2.04. The van der Waals surface area contributed by atoms with Crippen molar-refractivity contribution in [3.63, 3.8) is 0 Å². The van der Waals surface area contributed by atoms with Gasteiger partial charge < -0.3 is 0 Å². The van der Waals surface area contributed by atoms with Crippen molar-refractivity contribution < 1.29 is 0 Å². The summed E-state index contributed by atoms with van der Waals surface area (Å²) in [6.45, 7) is 0. The van der Waals surface area contributed by atoms with Crippen LogP contribution in [0.4, 0.5) is 0 Å². The predicted octanol–water partition coefficient (Wildman–Crippen LogP) is 5.04. The molecule has 3 aromatic rings. The number of benzene rings is 3. The minimum atomic E-state index is 0.907. The third-order valence-corrected chi connectivity index (χ3v) is 3.99. The van der Waals surface area contributed by atoms with Crippen molar-refractivity contribution in [2.45, 2.75) is 6.42 Å². The lowest BCUT2D eigenvalue weighted by molar-refractivity contribution is 1.19. The largest absolute Gasteiger partial charge is 0.0788 e. The van der Waals surface area contributed by atoms with E-state index in [4.69, 9.17) is 12.2 Å². The van der Waals surface area contributed by atoms with E-state index in [0.29, 0.717) is 0 Å². The lowest BCUT2D eigenvalue weighted by atomic mass is 9.95. The number of hydrogen-bond acceptors (Lipinski definition) is 1. The summed E-state index contributed by atoms with van der Waals surface area (Å²) in [6.07, 6.45) is 0.907. The summed E-state index contributed by atoms with van der Waals surface area (Å²) in [5.41, 5.74) is 4.84. The van der Waals surface area contributed by atoms with Crippen molar-refractivity contribution in [1.82, 2.24) is 0 Å². The molecule has 0 atom stereocenters. The first-order valence-electron chi connectivity index (χ1n) is 7.06. The predicted molar refractivity (Wildman–Crippen MR) is 92.9 cm³/mol. The number of thiocarbonyl (C=S) groups is 1. The van der Waals surface area contributed by atoms with Gasteiger partial charge in [-0.15, -0.1) is 0 Å². The summed E-state index contributed by atoms with van der Waals surface area (Å²) < 4.78 is 0. The van der Waals surface area contributed by atoms with Crippen LogP contribution in [0.15, 0.2) is 84.9 Å². The molecule has 1 heteroatoms. The van der Waals surface area contributed by atoms with E-state index in [1.807, 2.05) is 24.3 Å². The molecule has 0 bridgehead atoms. The van der Waals surface area contributed by atoms with Crippen LogP contribution in [-0.4, -0.2) is 4.86 Å². The molecule has 0 nitrogen and oxygen atoms in total. The molecule has 0 heterocycles. The fourth-order valence-corrected chi connectivity index (χ4v) is 2.79. The van der Waals surface area contributed by atoms with Crippen LogP contribution in [0.3, 0.4) is 0 Å². The SMILES string of the molecule is S=C(c1ccccc1)c1ccccc1Cc1ccccc1. The van der Waals surface area contributed by atoms with Gasteiger partial charge in [-0.25, -0.2) is 0 Å². The van der Waals surface area contributed by atoms with Crippen molar-refractivity contribution in [2.24, 2.45) is 0 Å². The van der Waals surface area contributed by atoms with Gasteiger partial charge in [-0.05, 0) is 28.7 Å². The van der Waals surface area contributed by atoms with Gasteiger partial charge in [-0.3, -0.25) is 0 Å². The zero-order chi connectivity index (χ0) is 14.5. The van der Waals surface area contributed by atoms with Crippen LogP contribution in [-0.2, 0) is 6.42 Å². The average molecular weight is 288 g/mol. The molecule has 0 unspecified atom stereocenters. The van der Waals surface area contributed by atoms with Crippen molar-refractivity contribution >= 4 is 17.1 Å². The Balaban J connectivity index is 1.95. The van der Waals surface area contributed by atoms with E-state index in [1.165, 1.54) is 11.1 Å². The van der Waals surface area contributed by atoms with Crippen molar-refractivity contribution in [3.8, 4) is 0 Å². The summed E-state index contributed by atoms with van der Waals surface area (Å²) in [4.78, 5) is 0.919. The Morgan fingerprint density at radius 3 is 1.95 bits per heavy atom. The molecule has 0 saturated heterocycles. The smallest absolute Gasteiger partial charge is 0.0524 e. The van der Waals surface area contributed by atoms with Crippen LogP contribution in [0.2, 0.25) is 0 Å². The van der Waals surface area contributed by atoms with E-state index < -0.39 is 0 Å². The standard InChI is InChI=1S/C20H16S/c21-20(17-11-5-2-6-12-17)19-14-8-7-13-18(19)15-16-9-3-1-4-10-16/h1-14H,15H2. The molecular weight excluding hydrogens is 272 g/mol. The van der Waals surface area contributed by atoms with Gasteiger partial charge in [0.2, 0.25) is 0 Å². The van der Waals surface area contributed by atoms with E-state index in [9.17, 15) is 0 Å². The highest BCUT2D eigenvalue weighted by atomic mass is 32.1. The van der Waals surface area contributed by atoms with Gasteiger partial charge in [0.15, 0.2) is 0 Å². The zero-order valence-electron chi connectivity index (χ0n) is 11.7. The van der Waals surface area contributed by atoms with Gasteiger partial charge in [0.25, 0.3) is 0 Å². The van der Waals surface area contributed by atoms with Gasteiger partial charge in [-0.1, -0.05) is 97.1 Å². The molecule has 0 N–H and O–H groups in total. The Kier molecular flexibility index (Phi) is 4.23. The van der Waals surface area contributed by atoms with Gasteiger partial charge in [0.05, 0.1) is 4.86 Å². The second-order valence-electron chi connectivity index (χ2n) is 5.01. The van der Waals surface area contributed by atoms with Crippen LogP contribution in [0.25, 0.3) is 0 Å². The molecule has 0 aliphatic rings. The van der Waals surface area contributed by atoms with E-state index in [-0.39, 0.29) is 0 Å². The Morgan fingerprint density at radius 1 is 0.667 bits per heavy atom. The molecule has 0 saturated carbocycles. The van der Waals surface area contributed by atoms with Gasteiger partial charge in [0, 0.05) is 0 Å². The summed E-state index contributed by atoms with van der Waals surface area (Å²) in [6, 6.07) is 29.1. The van der Waals surface area contributed by atoms with Crippen LogP contribution in [0, 0.1) is 0 Å². The highest BCUT2D eigenvalue weighted by Gasteiger charge is 2.09. The second-order valence-corrected chi connectivity index (χ2v) is 5.42. The molecule has 3 rings (SSSR count). The molecule has 3 aromatic carbocycles. The Morgan fingerprint density at radius 2 is 1.24 bits per heavy atom. The maximum Gasteiger partial charge on any atom is 0.0524 e. The molecule has 102 valence electrons. The molecule has 0 amide bonds. The zero-order valence-corrected chi connectivity index (χ0v) is 12.5. The molecule has 0 spiro atoms. The summed E-state index contributed by atoms with van der Waals surface area (Å²) in [7, 11) is 0. The average Bonchev–Trinajstić information content (AvgIpc) is 2.56. The van der Waals surface area contributed by atoms with Crippen molar-refractivity contribution in [2.75, 3.05) is 0 Å². The Bertz CT molecular complexity index is 730. The normalized spacial score (nSPS) is 10.3. The maximum absolute atomic E-state index is 5.69. The molecule has 0 aromatic heterocycles. The Hall–Kier alpha value is -2.25. The van der Waals surface area contributed by atoms with Gasteiger partial charge in [0.1, 0.15) is 0 Å². The number of rotatable bonds is 4. The summed E-state index contributed by atoms with van der Waals surface area (Å²) in [5, 5.41) is 0. The molecule has 0 fully saturated rings. The molecule has 0 radical (unpaired) electrons. The van der Waals surface area contributed by atoms with Gasteiger partial charge >= 0.3 is 0 Å². The Labute approximate surface area is 131 Å². The maximum atomic E-state index is 5.69. The first-order valence-corrected chi connectivity index (χ1v) is 7.47. The first kappa shape index (κ1) is 13.7. The van der Waals surface area contributed by atoms with E-state index in [2.05, 4.69) is 60.7 Å². The minimum absolute atomic E-state index is 0.907. The quantitative estimate of drug-likeness (QED) is 0.478. The van der Waals surface area contributed by atoms with Crippen LogP contribution < -0.4 is 0 Å². The summed E-state index contributed by atoms with van der Waals surface area (Å²) >= 11 is 5.69. The second kappa shape index (κ2) is 6.47. The van der Waals surface area contributed by atoms with Crippen molar-refractivity contribution in [1.29, 1.82) is 0 Å². The van der Waals surface area contributed by atoms with Gasteiger partial charge in [-0.2, -0.15) is 0 Å². The highest BCUT2D eigenvalue weighted by molar-refractivity contribution is 7.81. The van der Waals surface area contributed by atoms with Crippen LogP contribution in [0.1, 0.15) is 22.3 Å². The monoisotopic (exact) mass is 288 g/mol. The fraction of sp³-hybridized carbons (Fsp3) is 0.0500. The molecular formula is C20H16S. The van der Waals surface area contributed by atoms with Crippen LogP contribution >= 0.6 is 12.2 Å². The molecule has 0 aliphatic carbocycles. The van der Waals surface area contributed by atoms with E-state index >= 15 is 0 Å². The molecule has 21 heavy (non-hydrogen) atoms. The molecule has 0 aliphatic heterocycles. The van der Waals surface area contributed by atoms with Crippen LogP contribution in [0.5, 0.6) is 0 Å². The van der Waals surface area contributed by atoms with E-state index in [1.54, 1.807) is 0 Å². The lowest BCUT2D eigenvalue weighted by Gasteiger charge is -2.11. The topological polar surface area (TPSA) is 0 Å². The fourth-order valence-electron chi connectivity index (χ4n) is 2.46. The highest BCUT2D eigenvalue weighted by Crippen LogP contribution is 2.19.